The van der Waals surface area contributed by atoms with Gasteiger partial charge >= 0.3 is 11.9 Å². The summed E-state index contributed by atoms with van der Waals surface area (Å²) in [6.45, 7) is 3.52. The van der Waals surface area contributed by atoms with Crippen molar-refractivity contribution in [1.29, 1.82) is 0 Å². The van der Waals surface area contributed by atoms with E-state index in [4.69, 9.17) is 14.2 Å². The van der Waals surface area contributed by atoms with Crippen LogP contribution in [0.2, 0.25) is 0 Å². The van der Waals surface area contributed by atoms with Crippen LogP contribution in [0, 0.1) is 0 Å². The van der Waals surface area contributed by atoms with E-state index in [0.29, 0.717) is 0 Å². The fourth-order valence-electron chi connectivity index (χ4n) is 1.81. The van der Waals surface area contributed by atoms with Crippen LogP contribution < -0.4 is 5.32 Å². The molecular weight excluding hydrogens is 258 g/mol. The summed E-state index contributed by atoms with van der Waals surface area (Å²) in [4.78, 5) is 32.8. The van der Waals surface area contributed by atoms with Gasteiger partial charge in [-0.25, -0.2) is 0 Å². The fourth-order valence-corrected chi connectivity index (χ4v) is 1.81. The maximum atomic E-state index is 11.1. The Hall–Kier alpha value is -1.67. The molecule has 0 aliphatic carbocycles. The number of aliphatic hydroxyl groups is 1. The van der Waals surface area contributed by atoms with Crippen molar-refractivity contribution < 1.29 is 33.7 Å². The standard InChI is InChI=1S/C11H17NO7/c1-5(13)12-9-8(4-17-6(2)14)19-11(16)10(9)18-7(3)15/h8-11,16H,4H2,1-3H3,(H,12,13)/t8-,9-,10-,11+/m1/s1. The smallest absolute Gasteiger partial charge is 0.303 e. The molecule has 1 fully saturated rings. The minimum Gasteiger partial charge on any atom is -0.463 e. The number of hydrogen-bond donors (Lipinski definition) is 2. The summed E-state index contributed by atoms with van der Waals surface area (Å²) in [5, 5.41) is 12.2. The molecule has 1 aliphatic heterocycles. The van der Waals surface area contributed by atoms with E-state index in [0.717, 1.165) is 0 Å². The lowest BCUT2D eigenvalue weighted by molar-refractivity contribution is -0.171. The van der Waals surface area contributed by atoms with Crippen molar-refractivity contribution in [2.75, 3.05) is 6.61 Å². The molecule has 0 aromatic carbocycles. The molecule has 0 unspecified atom stereocenters. The number of carbonyl (C=O) groups excluding carboxylic acids is 3. The van der Waals surface area contributed by atoms with Crippen molar-refractivity contribution >= 4 is 17.8 Å². The van der Waals surface area contributed by atoms with E-state index in [2.05, 4.69) is 5.32 Å². The summed E-state index contributed by atoms with van der Waals surface area (Å²) in [5.41, 5.74) is 0. The second-order valence-electron chi connectivity index (χ2n) is 4.17. The summed E-state index contributed by atoms with van der Waals surface area (Å²) in [7, 11) is 0. The lowest BCUT2D eigenvalue weighted by atomic mass is 10.1. The Balaban J connectivity index is 2.76. The van der Waals surface area contributed by atoms with Crippen LogP contribution >= 0.6 is 0 Å². The molecule has 1 heterocycles. The molecule has 0 bridgehead atoms. The van der Waals surface area contributed by atoms with Gasteiger partial charge in [-0.2, -0.15) is 0 Å². The molecule has 2 N–H and O–H groups in total. The highest BCUT2D eigenvalue weighted by molar-refractivity contribution is 5.73. The summed E-state index contributed by atoms with van der Waals surface area (Å²) in [6, 6.07) is -0.782. The third-order valence-corrected chi connectivity index (χ3v) is 2.47. The van der Waals surface area contributed by atoms with Gasteiger partial charge in [0.25, 0.3) is 0 Å². The number of aliphatic hydroxyl groups excluding tert-OH is 1. The van der Waals surface area contributed by atoms with E-state index in [1.165, 1.54) is 20.8 Å². The second kappa shape index (κ2) is 6.48. The van der Waals surface area contributed by atoms with Gasteiger partial charge in [-0.15, -0.1) is 0 Å². The topological polar surface area (TPSA) is 111 Å². The van der Waals surface area contributed by atoms with Gasteiger partial charge in [0.1, 0.15) is 18.8 Å². The van der Waals surface area contributed by atoms with Gasteiger partial charge in [0.15, 0.2) is 12.4 Å². The maximum Gasteiger partial charge on any atom is 0.303 e. The zero-order chi connectivity index (χ0) is 14.6. The Labute approximate surface area is 110 Å². The van der Waals surface area contributed by atoms with Gasteiger partial charge in [-0.1, -0.05) is 0 Å². The first kappa shape index (κ1) is 15.4. The molecule has 108 valence electrons. The van der Waals surface area contributed by atoms with E-state index in [1.54, 1.807) is 0 Å². The van der Waals surface area contributed by atoms with E-state index < -0.39 is 36.5 Å². The number of amides is 1. The largest absolute Gasteiger partial charge is 0.463 e. The second-order valence-corrected chi connectivity index (χ2v) is 4.17. The van der Waals surface area contributed by atoms with Crippen molar-refractivity contribution in [3.8, 4) is 0 Å². The van der Waals surface area contributed by atoms with Crippen LogP contribution in [-0.2, 0) is 28.6 Å². The number of hydrogen-bond acceptors (Lipinski definition) is 7. The first-order valence-electron chi connectivity index (χ1n) is 5.72. The molecule has 1 saturated heterocycles. The highest BCUT2D eigenvalue weighted by Gasteiger charge is 2.47. The Kier molecular flexibility index (Phi) is 5.25. The quantitative estimate of drug-likeness (QED) is 0.613. The molecule has 1 aliphatic rings. The third kappa shape index (κ3) is 4.49. The fraction of sp³-hybridized carbons (Fsp3) is 0.727. The SMILES string of the molecule is CC(=O)N[C@H]1[C@@H](OC(C)=O)[C@@H](O)O[C@@H]1COC(C)=O. The van der Waals surface area contributed by atoms with Crippen LogP contribution in [0.1, 0.15) is 20.8 Å². The van der Waals surface area contributed by atoms with Crippen molar-refractivity contribution in [3.63, 3.8) is 0 Å². The van der Waals surface area contributed by atoms with Gasteiger partial charge < -0.3 is 24.6 Å². The summed E-state index contributed by atoms with van der Waals surface area (Å²) < 4.78 is 14.8. The molecule has 0 spiro atoms. The van der Waals surface area contributed by atoms with Crippen LogP contribution in [0.25, 0.3) is 0 Å². The average molecular weight is 275 g/mol. The predicted molar refractivity (Wildman–Crippen MR) is 60.7 cm³/mol. The lowest BCUT2D eigenvalue weighted by Crippen LogP contribution is -2.49. The average Bonchev–Trinajstić information content (AvgIpc) is 2.53. The molecule has 1 rings (SSSR count). The maximum absolute atomic E-state index is 11.1. The Morgan fingerprint density at radius 1 is 1.21 bits per heavy atom. The number of carbonyl (C=O) groups is 3. The minimum atomic E-state index is -1.39. The van der Waals surface area contributed by atoms with Crippen molar-refractivity contribution in [2.45, 2.75) is 45.3 Å². The summed E-state index contributed by atoms with van der Waals surface area (Å²) >= 11 is 0. The van der Waals surface area contributed by atoms with Gasteiger partial charge in [0.2, 0.25) is 5.91 Å². The summed E-state index contributed by atoms with van der Waals surface area (Å²) in [5.74, 6) is -1.51. The highest BCUT2D eigenvalue weighted by Crippen LogP contribution is 2.23. The molecule has 1 amide bonds. The molecule has 4 atom stereocenters. The Bertz CT molecular complexity index is 370. The number of rotatable bonds is 4. The van der Waals surface area contributed by atoms with Crippen molar-refractivity contribution in [1.82, 2.24) is 5.32 Å². The molecule has 0 saturated carbocycles. The van der Waals surface area contributed by atoms with E-state index in [9.17, 15) is 19.5 Å². The van der Waals surface area contributed by atoms with Crippen LogP contribution in [0.4, 0.5) is 0 Å². The number of esters is 2. The Morgan fingerprint density at radius 2 is 1.84 bits per heavy atom. The van der Waals surface area contributed by atoms with E-state index >= 15 is 0 Å². The van der Waals surface area contributed by atoms with Gasteiger partial charge in [-0.3, -0.25) is 14.4 Å². The monoisotopic (exact) mass is 275 g/mol. The van der Waals surface area contributed by atoms with Crippen LogP contribution in [0.15, 0.2) is 0 Å². The normalized spacial score (nSPS) is 29.7. The van der Waals surface area contributed by atoms with Gasteiger partial charge in [0.05, 0.1) is 0 Å². The molecule has 0 aromatic heterocycles. The minimum absolute atomic E-state index is 0.158. The zero-order valence-corrected chi connectivity index (χ0v) is 10.9. The summed E-state index contributed by atoms with van der Waals surface area (Å²) in [6.07, 6.45) is -3.21. The molecule has 8 nitrogen and oxygen atoms in total. The predicted octanol–water partition coefficient (Wildman–Crippen LogP) is -1.30. The number of nitrogens with one attached hydrogen (secondary N) is 1. The molecule has 0 radical (unpaired) electrons. The molecular formula is C11H17NO7. The molecule has 19 heavy (non-hydrogen) atoms. The highest BCUT2D eigenvalue weighted by atomic mass is 16.7. The molecule has 0 aromatic rings. The van der Waals surface area contributed by atoms with Crippen molar-refractivity contribution in [2.24, 2.45) is 0 Å². The van der Waals surface area contributed by atoms with E-state index in [1.807, 2.05) is 0 Å². The first-order chi connectivity index (χ1) is 8.81. The third-order valence-electron chi connectivity index (χ3n) is 2.47. The van der Waals surface area contributed by atoms with Crippen LogP contribution in [-0.4, -0.2) is 54.1 Å². The lowest BCUT2D eigenvalue weighted by Gasteiger charge is -2.22. The zero-order valence-electron chi connectivity index (χ0n) is 10.9. The van der Waals surface area contributed by atoms with Crippen LogP contribution in [0.5, 0.6) is 0 Å². The van der Waals surface area contributed by atoms with Crippen LogP contribution in [0.3, 0.4) is 0 Å². The van der Waals surface area contributed by atoms with Gasteiger partial charge in [0, 0.05) is 20.8 Å². The Morgan fingerprint density at radius 3 is 2.32 bits per heavy atom. The van der Waals surface area contributed by atoms with Gasteiger partial charge in [-0.05, 0) is 0 Å². The molecule has 8 heteroatoms. The first-order valence-corrected chi connectivity index (χ1v) is 5.72. The van der Waals surface area contributed by atoms with E-state index in [-0.39, 0.29) is 12.5 Å². The number of ether oxygens (including phenoxy) is 3. The van der Waals surface area contributed by atoms with Crippen molar-refractivity contribution in [3.05, 3.63) is 0 Å².